The molecule has 2 aromatic carbocycles. The summed E-state index contributed by atoms with van der Waals surface area (Å²) in [4.78, 5) is 12.0. The molecule has 2 rings (SSSR count). The van der Waals surface area contributed by atoms with E-state index in [0.29, 0.717) is 19.0 Å². The first-order valence-electron chi connectivity index (χ1n) is 8.92. The Bertz CT molecular complexity index is 739. The van der Waals surface area contributed by atoms with Gasteiger partial charge in [-0.25, -0.2) is 5.09 Å². The maximum absolute atomic E-state index is 13.3. The Morgan fingerprint density at radius 2 is 1.70 bits per heavy atom. The molecule has 27 heavy (non-hydrogen) atoms. The number of carbonyl (C=O) groups excluding carboxylic acids is 1. The molecule has 1 N–H and O–H groups in total. The zero-order valence-corrected chi connectivity index (χ0v) is 16.6. The SMILES string of the molecule is CCCOC(=O)C(C)NP(=O)(COCc1ccccc1)Oc1ccccc1. The second-order valence-corrected chi connectivity index (χ2v) is 8.11. The molecule has 0 aliphatic heterocycles. The van der Waals surface area contributed by atoms with Crippen LogP contribution in [0.1, 0.15) is 25.8 Å². The van der Waals surface area contributed by atoms with Gasteiger partial charge in [0.1, 0.15) is 18.1 Å². The summed E-state index contributed by atoms with van der Waals surface area (Å²) in [5.41, 5.74) is 0.958. The highest BCUT2D eigenvalue weighted by Crippen LogP contribution is 2.43. The fourth-order valence-corrected chi connectivity index (χ4v) is 3.94. The van der Waals surface area contributed by atoms with E-state index >= 15 is 0 Å². The third-order valence-electron chi connectivity index (χ3n) is 3.56. The summed E-state index contributed by atoms with van der Waals surface area (Å²) >= 11 is 0. The molecule has 0 aliphatic carbocycles. The van der Waals surface area contributed by atoms with Crippen LogP contribution in [0.4, 0.5) is 0 Å². The zero-order chi connectivity index (χ0) is 19.5. The quantitative estimate of drug-likeness (QED) is 0.453. The van der Waals surface area contributed by atoms with Gasteiger partial charge in [-0.15, -0.1) is 0 Å². The summed E-state index contributed by atoms with van der Waals surface area (Å²) in [6.07, 6.45) is 0.541. The molecule has 0 saturated heterocycles. The highest BCUT2D eigenvalue weighted by Gasteiger charge is 2.30. The van der Waals surface area contributed by atoms with Gasteiger partial charge in [0.2, 0.25) is 0 Å². The van der Waals surface area contributed by atoms with Crippen LogP contribution >= 0.6 is 7.52 Å². The predicted octanol–water partition coefficient (Wildman–Crippen LogP) is 4.36. The normalized spacial score (nSPS) is 14.1. The van der Waals surface area contributed by atoms with Crippen LogP contribution in [0.15, 0.2) is 60.7 Å². The Hall–Kier alpha value is -2.14. The molecule has 146 valence electrons. The average Bonchev–Trinajstić information content (AvgIpc) is 2.67. The van der Waals surface area contributed by atoms with Crippen LogP contribution < -0.4 is 9.61 Å². The summed E-state index contributed by atoms with van der Waals surface area (Å²) in [6.45, 7) is 4.11. The van der Waals surface area contributed by atoms with Crippen LogP contribution in [0.2, 0.25) is 0 Å². The van der Waals surface area contributed by atoms with Gasteiger partial charge in [0.25, 0.3) is 0 Å². The first-order chi connectivity index (χ1) is 13.0. The van der Waals surface area contributed by atoms with Gasteiger partial charge in [-0.1, -0.05) is 55.5 Å². The number of ether oxygens (including phenoxy) is 2. The smallest absolute Gasteiger partial charge is 0.342 e. The van der Waals surface area contributed by atoms with Crippen molar-refractivity contribution in [2.75, 3.05) is 13.0 Å². The monoisotopic (exact) mass is 391 g/mol. The van der Waals surface area contributed by atoms with E-state index in [4.69, 9.17) is 14.0 Å². The van der Waals surface area contributed by atoms with Crippen LogP contribution in [-0.4, -0.2) is 25.0 Å². The molecule has 2 aromatic rings. The van der Waals surface area contributed by atoms with Crippen molar-refractivity contribution in [2.24, 2.45) is 0 Å². The van der Waals surface area contributed by atoms with Gasteiger partial charge < -0.3 is 14.0 Å². The van der Waals surface area contributed by atoms with Crippen LogP contribution in [0.3, 0.4) is 0 Å². The molecular formula is C20H26NO5P. The lowest BCUT2D eigenvalue weighted by Crippen LogP contribution is -2.35. The fraction of sp³-hybridized carbons (Fsp3) is 0.350. The Morgan fingerprint density at radius 3 is 2.33 bits per heavy atom. The topological polar surface area (TPSA) is 73.9 Å². The van der Waals surface area contributed by atoms with Gasteiger partial charge in [-0.2, -0.15) is 0 Å². The molecule has 0 saturated carbocycles. The van der Waals surface area contributed by atoms with Gasteiger partial charge in [0.15, 0.2) is 0 Å². The van der Waals surface area contributed by atoms with Gasteiger partial charge >= 0.3 is 13.5 Å². The van der Waals surface area contributed by atoms with E-state index in [1.54, 1.807) is 31.2 Å². The highest BCUT2D eigenvalue weighted by atomic mass is 31.2. The first kappa shape index (κ1) is 21.2. The van der Waals surface area contributed by atoms with Gasteiger partial charge in [-0.05, 0) is 31.0 Å². The molecule has 0 amide bonds. The third kappa shape index (κ3) is 7.55. The Kier molecular flexibility index (Phi) is 8.52. The summed E-state index contributed by atoms with van der Waals surface area (Å²) in [6, 6.07) is 17.6. The molecule has 2 atom stereocenters. The second kappa shape index (κ2) is 10.9. The van der Waals surface area contributed by atoms with E-state index in [-0.39, 0.29) is 6.35 Å². The number of rotatable bonds is 11. The number of esters is 1. The van der Waals surface area contributed by atoms with Crippen LogP contribution in [0.5, 0.6) is 5.75 Å². The van der Waals surface area contributed by atoms with Crippen molar-refractivity contribution in [2.45, 2.75) is 32.9 Å². The standard InChI is InChI=1S/C20H26NO5P/c1-3-14-25-20(22)17(2)21-27(23,26-19-12-8-5-9-13-19)16-24-15-18-10-6-4-7-11-18/h4-13,17H,3,14-16H2,1-2H3,(H,21,23). The fourth-order valence-electron chi connectivity index (χ4n) is 2.27. The zero-order valence-electron chi connectivity index (χ0n) is 15.7. The molecule has 0 fully saturated rings. The average molecular weight is 391 g/mol. The minimum Gasteiger partial charge on any atom is -0.465 e. The number of nitrogens with one attached hydrogen (secondary N) is 1. The number of carbonyl (C=O) groups is 1. The first-order valence-corrected chi connectivity index (χ1v) is 10.7. The lowest BCUT2D eigenvalue weighted by Gasteiger charge is -2.23. The molecule has 0 bridgehead atoms. The van der Waals surface area contributed by atoms with Crippen LogP contribution in [-0.2, 0) is 25.4 Å². The van der Waals surface area contributed by atoms with Crippen molar-refractivity contribution in [1.82, 2.24) is 5.09 Å². The Balaban J connectivity index is 2.02. The van der Waals surface area contributed by atoms with Crippen molar-refractivity contribution in [3.8, 4) is 5.75 Å². The molecule has 6 nitrogen and oxygen atoms in total. The molecule has 0 radical (unpaired) electrons. The summed E-state index contributed by atoms with van der Waals surface area (Å²) in [5, 5.41) is 2.77. The van der Waals surface area contributed by atoms with Crippen molar-refractivity contribution in [3.63, 3.8) is 0 Å². The van der Waals surface area contributed by atoms with Crippen molar-refractivity contribution < 1.29 is 23.4 Å². The maximum atomic E-state index is 13.3. The van der Waals surface area contributed by atoms with E-state index in [0.717, 1.165) is 12.0 Å². The molecule has 7 heteroatoms. The largest absolute Gasteiger partial charge is 0.465 e. The van der Waals surface area contributed by atoms with E-state index in [1.165, 1.54) is 0 Å². The molecule has 0 aromatic heterocycles. The van der Waals surface area contributed by atoms with Crippen molar-refractivity contribution in [1.29, 1.82) is 0 Å². The predicted molar refractivity (Wildman–Crippen MR) is 105 cm³/mol. The van der Waals surface area contributed by atoms with E-state index < -0.39 is 19.5 Å². The minimum atomic E-state index is -3.49. The molecule has 0 aliphatic rings. The second-order valence-electron chi connectivity index (χ2n) is 6.06. The van der Waals surface area contributed by atoms with Crippen molar-refractivity contribution >= 4 is 13.5 Å². The molecule has 0 spiro atoms. The number of hydrogen-bond acceptors (Lipinski definition) is 5. The Labute approximate surface area is 160 Å². The summed E-state index contributed by atoms with van der Waals surface area (Å²) in [5.74, 6) is -0.0393. The van der Waals surface area contributed by atoms with Gasteiger partial charge in [-0.3, -0.25) is 9.36 Å². The number of benzene rings is 2. The highest BCUT2D eigenvalue weighted by molar-refractivity contribution is 7.57. The minimum absolute atomic E-state index is 0.178. The van der Waals surface area contributed by atoms with E-state index in [2.05, 4.69) is 5.09 Å². The van der Waals surface area contributed by atoms with E-state index in [9.17, 15) is 9.36 Å². The van der Waals surface area contributed by atoms with Gasteiger partial charge in [0, 0.05) is 0 Å². The lowest BCUT2D eigenvalue weighted by atomic mass is 10.2. The van der Waals surface area contributed by atoms with Gasteiger partial charge in [0.05, 0.1) is 13.2 Å². The number of para-hydroxylation sites is 1. The van der Waals surface area contributed by atoms with Crippen LogP contribution in [0.25, 0.3) is 0 Å². The molecule has 2 unspecified atom stereocenters. The lowest BCUT2D eigenvalue weighted by molar-refractivity contribution is -0.145. The van der Waals surface area contributed by atoms with Crippen molar-refractivity contribution in [3.05, 3.63) is 66.2 Å². The molecular weight excluding hydrogens is 365 g/mol. The summed E-state index contributed by atoms with van der Waals surface area (Å²) < 4.78 is 29.7. The number of hydrogen-bond donors (Lipinski definition) is 1. The van der Waals surface area contributed by atoms with E-state index in [1.807, 2.05) is 43.3 Å². The van der Waals surface area contributed by atoms with Crippen LogP contribution in [0, 0.1) is 0 Å². The maximum Gasteiger partial charge on any atom is 0.342 e. The summed E-state index contributed by atoms with van der Waals surface area (Å²) in [7, 11) is -3.49. The third-order valence-corrected chi connectivity index (χ3v) is 5.37. The molecule has 0 heterocycles. The Morgan fingerprint density at radius 1 is 1.07 bits per heavy atom.